The molecule has 4 aromatic rings. The van der Waals surface area contributed by atoms with E-state index in [0.717, 1.165) is 5.56 Å². The van der Waals surface area contributed by atoms with E-state index >= 15 is 0 Å². The number of phenolic OH excluding ortho intramolecular Hbond substituents is 1. The molecule has 0 amide bonds. The lowest BCUT2D eigenvalue weighted by molar-refractivity contribution is 0.0696. The summed E-state index contributed by atoms with van der Waals surface area (Å²) in [6, 6.07) is 18.7. The lowest BCUT2D eigenvalue weighted by atomic mass is 10.1. The molecule has 0 unspecified atom stereocenters. The van der Waals surface area contributed by atoms with Crippen LogP contribution in [-0.2, 0) is 0 Å². The molecular formula is C25H21N3O5. The molecule has 0 bridgehead atoms. The maximum atomic E-state index is 11.8. The number of carbonyl (C=O) groups is 1. The summed E-state index contributed by atoms with van der Waals surface area (Å²) >= 11 is 0. The average molecular weight is 443 g/mol. The number of hydrogen-bond acceptors (Lipinski definition) is 6. The Morgan fingerprint density at radius 3 is 2.39 bits per heavy atom. The summed E-state index contributed by atoms with van der Waals surface area (Å²) in [5.74, 6) is 0.769. The third kappa shape index (κ3) is 4.40. The zero-order valence-corrected chi connectivity index (χ0v) is 18.0. The highest BCUT2D eigenvalue weighted by molar-refractivity contribution is 5.92. The molecule has 8 heteroatoms. The molecule has 3 aromatic carbocycles. The number of carboxylic acid groups (broad SMARTS) is 1. The van der Waals surface area contributed by atoms with Crippen molar-refractivity contribution in [2.75, 3.05) is 14.2 Å². The van der Waals surface area contributed by atoms with E-state index in [-0.39, 0.29) is 11.3 Å². The molecule has 0 aliphatic heterocycles. The number of rotatable bonds is 7. The Labute approximate surface area is 190 Å². The molecule has 0 spiro atoms. The SMILES string of the molecule is COc1ccc(/C=C/c2nc(-c3ccccc3O)n(-c3ccccc3C(=O)O)n2)cc1OC. The number of hydrogen-bond donors (Lipinski definition) is 2. The first-order valence-corrected chi connectivity index (χ1v) is 10.00. The average Bonchev–Trinajstić information content (AvgIpc) is 3.26. The molecule has 0 radical (unpaired) electrons. The highest BCUT2D eigenvalue weighted by atomic mass is 16.5. The molecule has 0 atom stereocenters. The second-order valence-electron chi connectivity index (χ2n) is 6.99. The van der Waals surface area contributed by atoms with E-state index in [1.807, 2.05) is 12.1 Å². The van der Waals surface area contributed by atoms with Gasteiger partial charge >= 0.3 is 5.97 Å². The Bertz CT molecular complexity index is 1340. The fourth-order valence-electron chi connectivity index (χ4n) is 3.37. The number of aromatic nitrogens is 3. The molecule has 33 heavy (non-hydrogen) atoms. The lowest BCUT2D eigenvalue weighted by Gasteiger charge is -2.09. The molecule has 4 rings (SSSR count). The minimum atomic E-state index is -1.09. The topological polar surface area (TPSA) is 107 Å². The van der Waals surface area contributed by atoms with E-state index < -0.39 is 5.97 Å². The zero-order valence-electron chi connectivity index (χ0n) is 18.0. The van der Waals surface area contributed by atoms with Gasteiger partial charge in [0.25, 0.3) is 0 Å². The van der Waals surface area contributed by atoms with E-state index in [1.54, 1.807) is 68.8 Å². The Hall–Kier alpha value is -4.59. The standard InChI is InChI=1S/C25H21N3O5/c1-32-21-13-11-16(15-22(21)33-2)12-14-23-26-24(18-8-4-6-10-20(18)29)28(27-23)19-9-5-3-7-17(19)25(30)31/h3-15,29H,1-2H3,(H,30,31)/b14-12+. The molecule has 0 aliphatic carbocycles. The number of carboxylic acids is 1. The van der Waals surface area contributed by atoms with Crippen molar-refractivity contribution in [3.63, 3.8) is 0 Å². The van der Waals surface area contributed by atoms with Gasteiger partial charge in [0.2, 0.25) is 0 Å². The highest BCUT2D eigenvalue weighted by Gasteiger charge is 2.19. The molecule has 1 aromatic heterocycles. The first-order valence-electron chi connectivity index (χ1n) is 10.00. The van der Waals surface area contributed by atoms with E-state index in [9.17, 15) is 15.0 Å². The minimum Gasteiger partial charge on any atom is -0.507 e. The Kier molecular flexibility index (Phi) is 6.08. The van der Waals surface area contributed by atoms with Gasteiger partial charge in [-0.3, -0.25) is 0 Å². The van der Waals surface area contributed by atoms with Gasteiger partial charge < -0.3 is 19.7 Å². The van der Waals surface area contributed by atoms with Crippen LogP contribution in [0.5, 0.6) is 17.2 Å². The van der Waals surface area contributed by atoms with Gasteiger partial charge in [0.05, 0.1) is 31.0 Å². The van der Waals surface area contributed by atoms with E-state index in [1.165, 1.54) is 16.8 Å². The largest absolute Gasteiger partial charge is 0.507 e. The lowest BCUT2D eigenvalue weighted by Crippen LogP contribution is -2.08. The van der Waals surface area contributed by atoms with Crippen LogP contribution < -0.4 is 9.47 Å². The monoisotopic (exact) mass is 443 g/mol. The molecule has 0 fully saturated rings. The predicted octanol–water partition coefficient (Wildman–Crippen LogP) is 4.53. The van der Waals surface area contributed by atoms with E-state index in [0.29, 0.717) is 34.4 Å². The van der Waals surface area contributed by atoms with Crippen LogP contribution in [0.4, 0.5) is 0 Å². The van der Waals surface area contributed by atoms with Crippen LogP contribution in [0.1, 0.15) is 21.7 Å². The summed E-state index contributed by atoms with van der Waals surface area (Å²) in [7, 11) is 3.13. The third-order valence-corrected chi connectivity index (χ3v) is 4.96. The number of aromatic carboxylic acids is 1. The molecule has 0 aliphatic rings. The zero-order chi connectivity index (χ0) is 23.4. The summed E-state index contributed by atoms with van der Waals surface area (Å²) < 4.78 is 12.0. The maximum absolute atomic E-state index is 11.8. The summed E-state index contributed by atoms with van der Waals surface area (Å²) in [4.78, 5) is 16.4. The van der Waals surface area contributed by atoms with E-state index in [2.05, 4.69) is 10.1 Å². The maximum Gasteiger partial charge on any atom is 0.337 e. The van der Waals surface area contributed by atoms with Crippen molar-refractivity contribution in [2.24, 2.45) is 0 Å². The van der Waals surface area contributed by atoms with Crippen LogP contribution in [0.3, 0.4) is 0 Å². The molecule has 0 saturated carbocycles. The van der Waals surface area contributed by atoms with Crippen molar-refractivity contribution >= 4 is 18.1 Å². The third-order valence-electron chi connectivity index (χ3n) is 4.96. The first-order chi connectivity index (χ1) is 16.0. The Balaban J connectivity index is 1.82. The van der Waals surface area contributed by atoms with Crippen LogP contribution in [0.25, 0.3) is 29.2 Å². The van der Waals surface area contributed by atoms with Gasteiger partial charge in [0.15, 0.2) is 23.1 Å². The molecule has 8 nitrogen and oxygen atoms in total. The molecule has 1 heterocycles. The van der Waals surface area contributed by atoms with Crippen molar-refractivity contribution in [3.05, 3.63) is 83.7 Å². The normalized spacial score (nSPS) is 11.0. The second kappa shape index (κ2) is 9.27. The van der Waals surface area contributed by atoms with Crippen LogP contribution in [0.15, 0.2) is 66.7 Å². The summed E-state index contributed by atoms with van der Waals surface area (Å²) in [6.07, 6.45) is 3.50. The van der Waals surface area contributed by atoms with Crippen LogP contribution in [-0.4, -0.2) is 45.2 Å². The van der Waals surface area contributed by atoms with Crippen molar-refractivity contribution in [2.45, 2.75) is 0 Å². The van der Waals surface area contributed by atoms with Gasteiger partial charge in [-0.2, -0.15) is 0 Å². The second-order valence-corrected chi connectivity index (χ2v) is 6.99. The fraction of sp³-hybridized carbons (Fsp3) is 0.0800. The molecule has 0 saturated heterocycles. The number of ether oxygens (including phenoxy) is 2. The number of methoxy groups -OCH3 is 2. The highest BCUT2D eigenvalue weighted by Crippen LogP contribution is 2.31. The van der Waals surface area contributed by atoms with Gasteiger partial charge in [0.1, 0.15) is 5.75 Å². The number of nitrogens with zero attached hydrogens (tertiary/aromatic N) is 3. The molecule has 166 valence electrons. The predicted molar refractivity (Wildman–Crippen MR) is 124 cm³/mol. The Morgan fingerprint density at radius 2 is 1.67 bits per heavy atom. The fourth-order valence-corrected chi connectivity index (χ4v) is 3.37. The summed E-state index contributed by atoms with van der Waals surface area (Å²) in [6.45, 7) is 0. The van der Waals surface area contributed by atoms with Crippen LogP contribution in [0, 0.1) is 0 Å². The number of benzene rings is 3. The molecule has 2 N–H and O–H groups in total. The summed E-state index contributed by atoms with van der Waals surface area (Å²) in [5, 5.41) is 24.6. The quantitative estimate of drug-likeness (QED) is 0.432. The Morgan fingerprint density at radius 1 is 0.939 bits per heavy atom. The van der Waals surface area contributed by atoms with Crippen LogP contribution >= 0.6 is 0 Å². The van der Waals surface area contributed by atoms with Crippen molar-refractivity contribution in [1.29, 1.82) is 0 Å². The smallest absolute Gasteiger partial charge is 0.337 e. The van der Waals surface area contributed by atoms with Crippen molar-refractivity contribution in [3.8, 4) is 34.3 Å². The molecular weight excluding hydrogens is 422 g/mol. The summed E-state index contributed by atoms with van der Waals surface area (Å²) in [5.41, 5.74) is 1.66. The van der Waals surface area contributed by atoms with Crippen molar-refractivity contribution in [1.82, 2.24) is 14.8 Å². The minimum absolute atomic E-state index is 0.00868. The van der Waals surface area contributed by atoms with Gasteiger partial charge in [-0.05, 0) is 48.0 Å². The van der Waals surface area contributed by atoms with Gasteiger partial charge in [-0.15, -0.1) is 5.10 Å². The van der Waals surface area contributed by atoms with Crippen molar-refractivity contribution < 1.29 is 24.5 Å². The van der Waals surface area contributed by atoms with Gasteiger partial charge in [0, 0.05) is 0 Å². The van der Waals surface area contributed by atoms with Crippen LogP contribution in [0.2, 0.25) is 0 Å². The first kappa shape index (κ1) is 21.6. The number of para-hydroxylation sites is 2. The van der Waals surface area contributed by atoms with Gasteiger partial charge in [-0.25, -0.2) is 14.5 Å². The number of aromatic hydroxyl groups is 1. The van der Waals surface area contributed by atoms with E-state index in [4.69, 9.17) is 9.47 Å². The number of phenols is 1. The van der Waals surface area contributed by atoms with Gasteiger partial charge in [-0.1, -0.05) is 36.4 Å².